The maximum atomic E-state index is 9.19. The first-order chi connectivity index (χ1) is 29.4. The van der Waals surface area contributed by atoms with Crippen LogP contribution in [0, 0.1) is 0 Å². The third-order valence-corrected chi connectivity index (χ3v) is 11.9. The van der Waals surface area contributed by atoms with E-state index in [4.69, 9.17) is 4.11 Å². The molecule has 0 aliphatic heterocycles. The van der Waals surface area contributed by atoms with Crippen molar-refractivity contribution in [2.24, 2.45) is 0 Å². The lowest BCUT2D eigenvalue weighted by Gasteiger charge is -2.22. The average molecular weight is 728 g/mol. The molecule has 0 spiro atoms. The minimum absolute atomic E-state index is 0.191. The zero-order valence-corrected chi connectivity index (χ0v) is 33.2. The van der Waals surface area contributed by atoms with Gasteiger partial charge in [-0.25, -0.2) is 0 Å². The Balaban J connectivity index is 1.40. The fourth-order valence-corrected chi connectivity index (χ4v) is 8.63. The Morgan fingerprint density at radius 1 is 0.429 bits per heavy atom. The van der Waals surface area contributed by atoms with Gasteiger partial charge in [0.15, 0.2) is 0 Å². The van der Waals surface area contributed by atoms with Crippen molar-refractivity contribution in [3.05, 3.63) is 180 Å². The number of hydrogen-bond donors (Lipinski definition) is 0. The Kier molecular flexibility index (Phi) is 7.88. The van der Waals surface area contributed by atoms with Gasteiger partial charge in [0.05, 0.1) is 6.85 Å². The summed E-state index contributed by atoms with van der Waals surface area (Å²) in [5.41, 5.74) is 12.7. The quantitative estimate of drug-likeness (QED) is 0.108. The summed E-state index contributed by atoms with van der Waals surface area (Å²) in [7, 11) is 0. The van der Waals surface area contributed by atoms with Gasteiger partial charge in [-0.2, -0.15) is 0 Å². The van der Waals surface area contributed by atoms with Crippen LogP contribution in [0.3, 0.4) is 0 Å². The van der Waals surface area contributed by atoms with Crippen molar-refractivity contribution < 1.29 is 6.85 Å². The van der Waals surface area contributed by atoms with E-state index < -0.39 is 0 Å². The molecule has 0 nitrogen and oxygen atoms in total. The Morgan fingerprint density at radius 2 is 0.982 bits per heavy atom. The summed E-state index contributed by atoms with van der Waals surface area (Å²) >= 11 is 0. The van der Waals surface area contributed by atoms with Crippen LogP contribution in [0.25, 0.3) is 87.6 Å². The molecule has 0 heterocycles. The molecular formula is C56H50. The fourth-order valence-electron chi connectivity index (χ4n) is 8.63. The summed E-state index contributed by atoms with van der Waals surface area (Å²) in [6, 6.07) is 45.4. The van der Waals surface area contributed by atoms with Crippen LogP contribution in [0.1, 0.15) is 82.5 Å². The van der Waals surface area contributed by atoms with Crippen molar-refractivity contribution in [3.63, 3.8) is 0 Å². The van der Waals surface area contributed by atoms with Crippen LogP contribution in [0.5, 0.6) is 0 Å². The molecule has 9 rings (SSSR count). The predicted octanol–water partition coefficient (Wildman–Crippen LogP) is 16.3. The largest absolute Gasteiger partial charge is 0.0629 e. The van der Waals surface area contributed by atoms with E-state index in [0.29, 0.717) is 17.4 Å². The molecule has 0 unspecified atom stereocenters. The van der Waals surface area contributed by atoms with E-state index >= 15 is 0 Å². The van der Waals surface area contributed by atoms with Gasteiger partial charge in [0.25, 0.3) is 0 Å². The van der Waals surface area contributed by atoms with Crippen LogP contribution in [0.2, 0.25) is 0 Å². The van der Waals surface area contributed by atoms with Crippen molar-refractivity contribution in [3.8, 4) is 44.5 Å². The Hall–Kier alpha value is -5.98. The molecule has 0 aromatic heterocycles. The molecule has 0 atom stereocenters. The molecule has 0 aliphatic carbocycles. The molecule has 9 aromatic rings. The van der Waals surface area contributed by atoms with E-state index in [1.54, 1.807) is 0 Å². The highest BCUT2D eigenvalue weighted by Gasteiger charge is 2.21. The molecule has 0 bridgehead atoms. The second-order valence-corrected chi connectivity index (χ2v) is 15.9. The monoisotopic (exact) mass is 727 g/mol. The van der Waals surface area contributed by atoms with E-state index in [2.05, 4.69) is 169 Å². The van der Waals surface area contributed by atoms with E-state index in [0.717, 1.165) is 78.5 Å². The fraction of sp³-hybridized carbons (Fsp3) is 0.179. The van der Waals surface area contributed by atoms with Gasteiger partial charge in [-0.3, -0.25) is 0 Å². The molecule has 0 radical (unpaired) electrons. The van der Waals surface area contributed by atoms with Crippen LogP contribution >= 0.6 is 0 Å². The molecule has 274 valence electrons. The van der Waals surface area contributed by atoms with Gasteiger partial charge in [0.2, 0.25) is 0 Å². The van der Waals surface area contributed by atoms with Gasteiger partial charge in [0.1, 0.15) is 0 Å². The van der Waals surface area contributed by atoms with Crippen molar-refractivity contribution in [1.82, 2.24) is 0 Å². The lowest BCUT2D eigenvalue weighted by Crippen LogP contribution is -1.96. The topological polar surface area (TPSA) is 0 Å². The summed E-state index contributed by atoms with van der Waals surface area (Å²) in [5, 5.41) is 8.40. The molecule has 0 amide bonds. The summed E-state index contributed by atoms with van der Waals surface area (Å²) in [6.07, 6.45) is 1.62. The molecule has 0 fully saturated rings. The van der Waals surface area contributed by atoms with Crippen molar-refractivity contribution in [1.29, 1.82) is 0 Å². The lowest BCUT2D eigenvalue weighted by atomic mass is 9.81. The number of fused-ring (bicyclic) bond motifs is 5. The zero-order chi connectivity index (χ0) is 42.9. The lowest BCUT2D eigenvalue weighted by molar-refractivity contribution is 0.867. The smallest absolute Gasteiger partial charge is 0.0622 e. The van der Waals surface area contributed by atoms with E-state index in [-0.39, 0.29) is 35.8 Å². The summed E-state index contributed by atoms with van der Waals surface area (Å²) < 4.78 is 44.2. The summed E-state index contributed by atoms with van der Waals surface area (Å²) in [6.45, 7) is 13.2. The SMILES string of the molecule is [2H]c1c([2H])c([2H])c(-c2c3cc(CC)ccc3c(-c3cc4cc(C(C)C)ccc4c4c(-c5ccc(-c6ccc(C(C)C)cc6)cc5)cccc34)c3cc(CC)ccc23)c([2H])c1[2H]. The molecule has 0 saturated heterocycles. The highest BCUT2D eigenvalue weighted by molar-refractivity contribution is 6.27. The van der Waals surface area contributed by atoms with Gasteiger partial charge in [-0.05, 0) is 141 Å². The molecule has 56 heavy (non-hydrogen) atoms. The van der Waals surface area contributed by atoms with Crippen molar-refractivity contribution >= 4 is 43.1 Å². The highest BCUT2D eigenvalue weighted by atomic mass is 14.2. The van der Waals surface area contributed by atoms with E-state index in [1.807, 2.05) is 0 Å². The number of benzene rings is 9. The third-order valence-electron chi connectivity index (χ3n) is 11.9. The second kappa shape index (κ2) is 14.6. The van der Waals surface area contributed by atoms with Crippen LogP contribution < -0.4 is 0 Å². The first kappa shape index (κ1) is 30.3. The maximum Gasteiger partial charge on any atom is 0.0629 e. The van der Waals surface area contributed by atoms with E-state index in [9.17, 15) is 2.74 Å². The van der Waals surface area contributed by atoms with Gasteiger partial charge in [0, 0.05) is 0 Å². The standard InChI is InChI=1S/C56H50/c1-7-37-18-29-50-51(31-37)54(43-13-10-9-11-14-43)49-28-17-38(8-2)32-52(49)56(50)53-34-45-33-44(36(5)6)27-30-47(45)55-46(15-12-16-48(53)55)42-25-23-41(24-26-42)40-21-19-39(20-22-40)35(3)4/h9-36H,7-8H2,1-6H3/i9D,10D,11D,13D,14D. The maximum absolute atomic E-state index is 9.19. The Morgan fingerprint density at radius 3 is 1.61 bits per heavy atom. The van der Waals surface area contributed by atoms with Crippen molar-refractivity contribution in [2.75, 3.05) is 0 Å². The highest BCUT2D eigenvalue weighted by Crippen LogP contribution is 2.48. The first-order valence-corrected chi connectivity index (χ1v) is 20.2. The third kappa shape index (κ3) is 6.18. The van der Waals surface area contributed by atoms with Gasteiger partial charge in [-0.1, -0.05) is 193 Å². The summed E-state index contributed by atoms with van der Waals surface area (Å²) in [4.78, 5) is 0. The number of hydrogen-bond acceptors (Lipinski definition) is 0. The number of aryl methyl sites for hydroxylation is 2. The average Bonchev–Trinajstić information content (AvgIpc) is 3.29. The normalized spacial score (nSPS) is 13.1. The number of rotatable bonds is 8. The molecular weight excluding hydrogens is 673 g/mol. The minimum atomic E-state index is -0.388. The second-order valence-electron chi connectivity index (χ2n) is 15.9. The first-order valence-electron chi connectivity index (χ1n) is 22.7. The van der Waals surface area contributed by atoms with Gasteiger partial charge in [-0.15, -0.1) is 0 Å². The van der Waals surface area contributed by atoms with Crippen LogP contribution in [-0.4, -0.2) is 0 Å². The van der Waals surface area contributed by atoms with Crippen molar-refractivity contribution in [2.45, 2.75) is 66.2 Å². The molecule has 0 aliphatic rings. The Labute approximate surface area is 339 Å². The minimum Gasteiger partial charge on any atom is -0.0622 e. The van der Waals surface area contributed by atoms with Crippen LogP contribution in [0.15, 0.2) is 158 Å². The van der Waals surface area contributed by atoms with Gasteiger partial charge >= 0.3 is 0 Å². The molecule has 9 aromatic carbocycles. The van der Waals surface area contributed by atoms with Crippen LogP contribution in [0.4, 0.5) is 0 Å². The van der Waals surface area contributed by atoms with E-state index in [1.165, 1.54) is 33.0 Å². The van der Waals surface area contributed by atoms with Gasteiger partial charge < -0.3 is 0 Å². The Bertz CT molecular complexity index is 3160. The molecule has 0 saturated carbocycles. The summed E-state index contributed by atoms with van der Waals surface area (Å²) in [5.74, 6) is 0.830. The zero-order valence-electron chi connectivity index (χ0n) is 38.2. The van der Waals surface area contributed by atoms with Crippen LogP contribution in [-0.2, 0) is 12.8 Å². The predicted molar refractivity (Wildman–Crippen MR) is 245 cm³/mol. The molecule has 0 N–H and O–H groups in total. The molecule has 0 heteroatoms.